The first-order valence-electron chi connectivity index (χ1n) is 5.14. The van der Waals surface area contributed by atoms with Crippen molar-refractivity contribution in [2.75, 3.05) is 0 Å². The van der Waals surface area contributed by atoms with Gasteiger partial charge in [-0.25, -0.2) is 0 Å². The minimum Gasteiger partial charge on any atom is -0.454 e. The lowest BCUT2D eigenvalue weighted by Crippen LogP contribution is -1.96. The number of nitrogens with two attached hydrogens (primary N) is 1. The summed E-state index contributed by atoms with van der Waals surface area (Å²) in [6, 6.07) is 11.1. The minimum atomic E-state index is 0.448. The molecule has 0 radical (unpaired) electrons. The van der Waals surface area contributed by atoms with Crippen LogP contribution in [0, 0.1) is 11.3 Å². The second-order valence-corrected chi connectivity index (χ2v) is 3.44. The summed E-state index contributed by atoms with van der Waals surface area (Å²) in [4.78, 5) is 3.93. The van der Waals surface area contributed by atoms with Crippen molar-refractivity contribution in [3.8, 4) is 17.6 Å². The summed E-state index contributed by atoms with van der Waals surface area (Å²) in [6.07, 6.45) is 3.08. The zero-order chi connectivity index (χ0) is 12.1. The molecule has 0 spiro atoms. The first-order valence-corrected chi connectivity index (χ1v) is 5.14. The Morgan fingerprint density at radius 3 is 3.00 bits per heavy atom. The Morgan fingerprint density at radius 2 is 2.24 bits per heavy atom. The van der Waals surface area contributed by atoms with E-state index in [0.717, 1.165) is 5.56 Å². The van der Waals surface area contributed by atoms with Crippen LogP contribution in [-0.4, -0.2) is 4.98 Å². The molecule has 0 aliphatic rings. The average Bonchev–Trinajstić information content (AvgIpc) is 2.39. The van der Waals surface area contributed by atoms with Crippen LogP contribution in [0.2, 0.25) is 0 Å². The number of pyridine rings is 1. The number of aromatic nitrogens is 1. The second-order valence-electron chi connectivity index (χ2n) is 3.44. The molecule has 84 valence electrons. The molecule has 0 atom stereocenters. The van der Waals surface area contributed by atoms with E-state index in [0.29, 0.717) is 23.6 Å². The maximum atomic E-state index is 8.92. The van der Waals surface area contributed by atoms with Crippen LogP contribution in [0.5, 0.6) is 11.5 Å². The predicted octanol–water partition coefficient (Wildman–Crippen LogP) is 2.20. The van der Waals surface area contributed by atoms with Crippen molar-refractivity contribution in [3.05, 3.63) is 53.9 Å². The Bertz CT molecular complexity index is 561. The van der Waals surface area contributed by atoms with Crippen molar-refractivity contribution >= 4 is 0 Å². The van der Waals surface area contributed by atoms with Crippen molar-refractivity contribution < 1.29 is 4.74 Å². The predicted molar refractivity (Wildman–Crippen MR) is 63.4 cm³/mol. The maximum absolute atomic E-state index is 8.92. The van der Waals surface area contributed by atoms with Crippen LogP contribution in [0.3, 0.4) is 0 Å². The lowest BCUT2D eigenvalue weighted by atomic mass is 10.2. The first-order chi connectivity index (χ1) is 8.33. The summed E-state index contributed by atoms with van der Waals surface area (Å²) in [5.74, 6) is 1.10. The molecule has 0 amide bonds. The maximum Gasteiger partial charge on any atom is 0.163 e. The van der Waals surface area contributed by atoms with E-state index in [2.05, 4.69) is 11.1 Å². The zero-order valence-electron chi connectivity index (χ0n) is 9.13. The fraction of sp³-hybridized carbons (Fsp3) is 0.0769. The van der Waals surface area contributed by atoms with Gasteiger partial charge in [-0.1, -0.05) is 12.1 Å². The van der Waals surface area contributed by atoms with Crippen LogP contribution < -0.4 is 10.5 Å². The molecule has 1 aromatic heterocycles. The number of nitrogens with zero attached hydrogens (tertiary/aromatic N) is 2. The number of benzene rings is 1. The molecule has 0 aliphatic carbocycles. The summed E-state index contributed by atoms with van der Waals surface area (Å²) in [6.45, 7) is 0.454. The second kappa shape index (κ2) is 5.10. The lowest BCUT2D eigenvalue weighted by molar-refractivity contribution is 0.478. The van der Waals surface area contributed by atoms with E-state index in [9.17, 15) is 0 Å². The van der Waals surface area contributed by atoms with E-state index < -0.39 is 0 Å². The van der Waals surface area contributed by atoms with Crippen LogP contribution in [0.25, 0.3) is 0 Å². The highest BCUT2D eigenvalue weighted by molar-refractivity contribution is 5.43. The molecule has 4 heteroatoms. The van der Waals surface area contributed by atoms with Gasteiger partial charge < -0.3 is 10.5 Å². The molecule has 0 fully saturated rings. The molecule has 17 heavy (non-hydrogen) atoms. The number of nitriles is 1. The van der Waals surface area contributed by atoms with E-state index >= 15 is 0 Å². The molecule has 4 nitrogen and oxygen atoms in total. The topological polar surface area (TPSA) is 71.9 Å². The fourth-order valence-corrected chi connectivity index (χ4v) is 1.42. The van der Waals surface area contributed by atoms with Crippen LogP contribution in [0.1, 0.15) is 11.1 Å². The summed E-state index contributed by atoms with van der Waals surface area (Å²) in [5, 5.41) is 8.92. The van der Waals surface area contributed by atoms with Gasteiger partial charge in [-0.3, -0.25) is 4.98 Å². The number of hydrogen-bond acceptors (Lipinski definition) is 4. The molecule has 0 saturated heterocycles. The van der Waals surface area contributed by atoms with Crippen LogP contribution in [0.15, 0.2) is 42.7 Å². The monoisotopic (exact) mass is 225 g/mol. The van der Waals surface area contributed by atoms with E-state index in [-0.39, 0.29) is 0 Å². The number of hydrogen-bond donors (Lipinski definition) is 1. The minimum absolute atomic E-state index is 0.448. The van der Waals surface area contributed by atoms with E-state index in [1.54, 1.807) is 12.3 Å². The van der Waals surface area contributed by atoms with Gasteiger partial charge in [0.2, 0.25) is 0 Å². The van der Waals surface area contributed by atoms with E-state index in [1.165, 1.54) is 6.20 Å². The van der Waals surface area contributed by atoms with Crippen molar-refractivity contribution in [2.24, 2.45) is 5.73 Å². The Hall–Kier alpha value is -2.38. The number of rotatable bonds is 3. The zero-order valence-corrected chi connectivity index (χ0v) is 9.13. The Balaban J connectivity index is 2.28. The largest absolute Gasteiger partial charge is 0.454 e. The van der Waals surface area contributed by atoms with Crippen LogP contribution in [-0.2, 0) is 6.54 Å². The third-order valence-electron chi connectivity index (χ3n) is 2.27. The molecule has 0 unspecified atom stereocenters. The van der Waals surface area contributed by atoms with Gasteiger partial charge in [-0.15, -0.1) is 0 Å². The third-order valence-corrected chi connectivity index (χ3v) is 2.27. The molecule has 2 aromatic rings. The highest BCUT2D eigenvalue weighted by atomic mass is 16.5. The molecule has 2 rings (SSSR count). The van der Waals surface area contributed by atoms with Gasteiger partial charge in [-0.2, -0.15) is 5.26 Å². The fourth-order valence-electron chi connectivity index (χ4n) is 1.42. The smallest absolute Gasteiger partial charge is 0.163 e. The molecular formula is C13H11N3O. The highest BCUT2D eigenvalue weighted by Gasteiger charge is 2.04. The molecule has 1 heterocycles. The summed E-state index contributed by atoms with van der Waals surface area (Å²) >= 11 is 0. The van der Waals surface area contributed by atoms with Crippen LogP contribution in [0.4, 0.5) is 0 Å². The normalized spacial score (nSPS) is 9.65. The molecule has 0 aliphatic heterocycles. The van der Waals surface area contributed by atoms with Crippen LogP contribution >= 0.6 is 0 Å². The molecule has 0 bridgehead atoms. The lowest BCUT2D eigenvalue weighted by Gasteiger charge is -2.07. The quantitative estimate of drug-likeness (QED) is 0.869. The van der Waals surface area contributed by atoms with Gasteiger partial charge in [0, 0.05) is 12.7 Å². The summed E-state index contributed by atoms with van der Waals surface area (Å²) < 4.78 is 5.60. The van der Waals surface area contributed by atoms with Crippen molar-refractivity contribution in [1.82, 2.24) is 4.98 Å². The SMILES string of the molecule is N#Cc1ccncc1Oc1cccc(CN)c1. The highest BCUT2D eigenvalue weighted by Crippen LogP contribution is 2.24. The number of ether oxygens (including phenoxy) is 1. The molecule has 1 aromatic carbocycles. The van der Waals surface area contributed by atoms with Crippen molar-refractivity contribution in [1.29, 1.82) is 5.26 Å². The molecule has 0 saturated carbocycles. The van der Waals surface area contributed by atoms with Crippen molar-refractivity contribution in [3.63, 3.8) is 0 Å². The third kappa shape index (κ3) is 2.60. The standard InChI is InChI=1S/C13H11N3O/c14-7-10-2-1-3-12(6-10)17-13-9-16-5-4-11(13)8-15/h1-6,9H,7,14H2. The Labute approximate surface area is 99.3 Å². The summed E-state index contributed by atoms with van der Waals surface area (Å²) in [7, 11) is 0. The molecular weight excluding hydrogens is 214 g/mol. The Kier molecular flexibility index (Phi) is 3.34. The van der Waals surface area contributed by atoms with Crippen molar-refractivity contribution in [2.45, 2.75) is 6.54 Å². The van der Waals surface area contributed by atoms with Gasteiger partial charge in [0.1, 0.15) is 11.8 Å². The summed E-state index contributed by atoms with van der Waals surface area (Å²) in [5.41, 5.74) is 6.98. The van der Waals surface area contributed by atoms with Gasteiger partial charge in [-0.05, 0) is 23.8 Å². The van der Waals surface area contributed by atoms with Gasteiger partial charge in [0.05, 0.1) is 11.8 Å². The molecule has 2 N–H and O–H groups in total. The Morgan fingerprint density at radius 1 is 1.35 bits per heavy atom. The van der Waals surface area contributed by atoms with E-state index in [1.807, 2.05) is 24.3 Å². The van der Waals surface area contributed by atoms with Gasteiger partial charge in [0.15, 0.2) is 5.75 Å². The average molecular weight is 225 g/mol. The first kappa shape index (κ1) is 11.1. The van der Waals surface area contributed by atoms with E-state index in [4.69, 9.17) is 15.7 Å². The van der Waals surface area contributed by atoms with Gasteiger partial charge >= 0.3 is 0 Å². The van der Waals surface area contributed by atoms with Gasteiger partial charge in [0.25, 0.3) is 0 Å².